The lowest BCUT2D eigenvalue weighted by atomic mass is 9.67. The Morgan fingerprint density at radius 1 is 0.350 bits per heavy atom. The van der Waals surface area contributed by atoms with Crippen molar-refractivity contribution in [2.45, 2.75) is 5.41 Å². The van der Waals surface area contributed by atoms with Crippen LogP contribution in [0.3, 0.4) is 0 Å². The van der Waals surface area contributed by atoms with E-state index < -0.39 is 5.41 Å². The quantitative estimate of drug-likeness (QED) is 0.169. The molecule has 1 aliphatic rings. The van der Waals surface area contributed by atoms with Gasteiger partial charge in [-0.1, -0.05) is 200 Å². The van der Waals surface area contributed by atoms with Crippen LogP contribution in [0.5, 0.6) is 0 Å². The summed E-state index contributed by atoms with van der Waals surface area (Å²) in [6.07, 6.45) is 0. The van der Waals surface area contributed by atoms with Gasteiger partial charge in [-0.2, -0.15) is 0 Å². The molecule has 2 aromatic heterocycles. The first-order valence-electron chi connectivity index (χ1n) is 20.4. The molecule has 0 bridgehead atoms. The molecular formula is C56H35N3S. The fourth-order valence-corrected chi connectivity index (χ4v) is 10.8. The van der Waals surface area contributed by atoms with Gasteiger partial charge in [-0.15, -0.1) is 11.3 Å². The van der Waals surface area contributed by atoms with Crippen LogP contribution in [0, 0.1) is 0 Å². The van der Waals surface area contributed by atoms with Crippen molar-refractivity contribution in [3.63, 3.8) is 0 Å². The fraction of sp³-hybridized carbons (Fsp3) is 0.0179. The molecule has 1 aliphatic carbocycles. The zero-order valence-electron chi connectivity index (χ0n) is 32.5. The van der Waals surface area contributed by atoms with Crippen LogP contribution in [-0.2, 0) is 5.41 Å². The highest BCUT2D eigenvalue weighted by Gasteiger charge is 2.47. The number of nitrogens with zero attached hydrogens (tertiary/aromatic N) is 3. The van der Waals surface area contributed by atoms with Gasteiger partial charge < -0.3 is 0 Å². The molecule has 60 heavy (non-hydrogen) atoms. The minimum Gasteiger partial charge on any atom is -0.208 e. The van der Waals surface area contributed by atoms with Gasteiger partial charge in [0, 0.05) is 36.9 Å². The molecule has 2 heterocycles. The maximum atomic E-state index is 5.34. The molecule has 280 valence electrons. The maximum Gasteiger partial charge on any atom is 0.164 e. The van der Waals surface area contributed by atoms with E-state index in [0.717, 1.165) is 27.8 Å². The van der Waals surface area contributed by atoms with E-state index in [1.165, 1.54) is 64.3 Å². The second-order valence-corrected chi connectivity index (χ2v) is 16.5. The zero-order valence-corrected chi connectivity index (χ0v) is 33.3. The van der Waals surface area contributed by atoms with Crippen LogP contribution >= 0.6 is 11.3 Å². The SMILES string of the molecule is c1ccc(-c2nc(-c3ccc(-c4cccc5c4sc4ccccc45)cc3)nc(-c3cccc4c3-c3ccccc3C4(c3ccccc3)c3ccc4ccccc4c3)n2)cc1. The molecular weight excluding hydrogens is 747 g/mol. The van der Waals surface area contributed by atoms with E-state index in [9.17, 15) is 0 Å². The lowest BCUT2D eigenvalue weighted by Crippen LogP contribution is -2.28. The Morgan fingerprint density at radius 2 is 0.933 bits per heavy atom. The summed E-state index contributed by atoms with van der Waals surface area (Å²) in [5.41, 5.74) is 11.9. The smallest absolute Gasteiger partial charge is 0.164 e. The van der Waals surface area contributed by atoms with Crippen molar-refractivity contribution >= 4 is 42.3 Å². The van der Waals surface area contributed by atoms with Gasteiger partial charge in [0.15, 0.2) is 17.5 Å². The van der Waals surface area contributed by atoms with E-state index in [-0.39, 0.29) is 0 Å². The van der Waals surface area contributed by atoms with E-state index in [4.69, 9.17) is 15.0 Å². The predicted octanol–water partition coefficient (Wildman–Crippen LogP) is 14.4. The van der Waals surface area contributed by atoms with Gasteiger partial charge in [0.05, 0.1) is 5.41 Å². The maximum absolute atomic E-state index is 5.34. The van der Waals surface area contributed by atoms with Gasteiger partial charge in [-0.3, -0.25) is 0 Å². The summed E-state index contributed by atoms with van der Waals surface area (Å²) in [4.78, 5) is 15.8. The van der Waals surface area contributed by atoms with Crippen molar-refractivity contribution in [1.82, 2.24) is 15.0 Å². The summed E-state index contributed by atoms with van der Waals surface area (Å²) in [6.45, 7) is 0. The lowest BCUT2D eigenvalue weighted by Gasteiger charge is -2.34. The summed E-state index contributed by atoms with van der Waals surface area (Å²) in [5, 5.41) is 5.03. The topological polar surface area (TPSA) is 38.7 Å². The Hall–Kier alpha value is -7.53. The standard InChI is InChI=1S/C56H35N3S/c1-3-16-38(17-4-1)53-57-54(39-31-29-37(30-32-39)43-23-13-24-45-44-21-10-12-28-50(44)60-52(43)45)59-55(58-53)47-25-14-27-49-51(47)46-22-9-11-26-48(46)56(49,41-19-5-2-6-20-41)42-34-33-36-15-7-8-18-40(36)35-42/h1-35H. The summed E-state index contributed by atoms with van der Waals surface area (Å²) >= 11 is 1.85. The van der Waals surface area contributed by atoms with Crippen LogP contribution in [0.4, 0.5) is 0 Å². The Morgan fingerprint density at radius 3 is 1.77 bits per heavy atom. The highest BCUT2D eigenvalue weighted by atomic mass is 32.1. The zero-order chi connectivity index (χ0) is 39.6. The summed E-state index contributed by atoms with van der Waals surface area (Å²) < 4.78 is 2.60. The molecule has 0 saturated heterocycles. The van der Waals surface area contributed by atoms with E-state index >= 15 is 0 Å². The van der Waals surface area contributed by atoms with Crippen LogP contribution in [0.25, 0.3) is 87.4 Å². The predicted molar refractivity (Wildman–Crippen MR) is 249 cm³/mol. The summed E-state index contributed by atoms with van der Waals surface area (Å²) in [5.74, 6) is 1.92. The van der Waals surface area contributed by atoms with Crippen LogP contribution in [-0.4, -0.2) is 15.0 Å². The monoisotopic (exact) mass is 781 g/mol. The normalized spacial score (nSPS) is 14.4. The van der Waals surface area contributed by atoms with Gasteiger partial charge in [0.1, 0.15) is 0 Å². The van der Waals surface area contributed by atoms with E-state index in [2.05, 4.69) is 194 Å². The molecule has 0 aliphatic heterocycles. The molecule has 0 spiro atoms. The van der Waals surface area contributed by atoms with Gasteiger partial charge in [-0.05, 0) is 67.4 Å². The third-order valence-electron chi connectivity index (χ3n) is 12.2. The number of rotatable bonds is 6. The lowest BCUT2D eigenvalue weighted by molar-refractivity contribution is 0.770. The van der Waals surface area contributed by atoms with Gasteiger partial charge in [0.2, 0.25) is 0 Å². The van der Waals surface area contributed by atoms with E-state index in [1.807, 2.05) is 29.5 Å². The van der Waals surface area contributed by atoms with Crippen LogP contribution in [0.1, 0.15) is 22.3 Å². The van der Waals surface area contributed by atoms with Crippen LogP contribution in [0.15, 0.2) is 212 Å². The number of benzene rings is 9. The van der Waals surface area contributed by atoms with E-state index in [1.54, 1.807) is 0 Å². The molecule has 3 nitrogen and oxygen atoms in total. The molecule has 0 N–H and O–H groups in total. The Kier molecular flexibility index (Phi) is 7.94. The molecule has 0 saturated carbocycles. The Labute approximate surface area is 352 Å². The van der Waals surface area contributed by atoms with E-state index in [0.29, 0.717) is 17.5 Å². The first-order chi connectivity index (χ1) is 29.7. The van der Waals surface area contributed by atoms with Crippen molar-refractivity contribution in [1.29, 1.82) is 0 Å². The minimum absolute atomic E-state index is 0.571. The van der Waals surface area contributed by atoms with Crippen LogP contribution < -0.4 is 0 Å². The molecule has 11 aromatic rings. The number of hydrogen-bond donors (Lipinski definition) is 0. The molecule has 1 atom stereocenters. The molecule has 0 fully saturated rings. The highest BCUT2D eigenvalue weighted by Crippen LogP contribution is 2.58. The first kappa shape index (κ1) is 34.5. The molecule has 0 amide bonds. The summed E-state index contributed by atoms with van der Waals surface area (Å²) in [6, 6.07) is 76.3. The second-order valence-electron chi connectivity index (χ2n) is 15.5. The number of thiophene rings is 1. The summed E-state index contributed by atoms with van der Waals surface area (Å²) in [7, 11) is 0. The second kappa shape index (κ2) is 13.8. The van der Waals surface area contributed by atoms with Crippen molar-refractivity contribution in [3.05, 3.63) is 235 Å². The number of aromatic nitrogens is 3. The molecule has 0 radical (unpaired) electrons. The molecule has 4 heteroatoms. The first-order valence-corrected chi connectivity index (χ1v) is 21.2. The van der Waals surface area contributed by atoms with Crippen molar-refractivity contribution < 1.29 is 0 Å². The average Bonchev–Trinajstić information content (AvgIpc) is 3.86. The largest absolute Gasteiger partial charge is 0.208 e. The van der Waals surface area contributed by atoms with Crippen molar-refractivity contribution in [3.8, 4) is 56.4 Å². The number of hydrogen-bond acceptors (Lipinski definition) is 4. The third-order valence-corrected chi connectivity index (χ3v) is 13.4. The van der Waals surface area contributed by atoms with Crippen LogP contribution in [0.2, 0.25) is 0 Å². The molecule has 9 aromatic carbocycles. The fourth-order valence-electron chi connectivity index (χ4n) is 9.53. The van der Waals surface area contributed by atoms with Gasteiger partial charge >= 0.3 is 0 Å². The Balaban J connectivity index is 1.06. The molecule has 1 unspecified atom stereocenters. The number of fused-ring (bicyclic) bond motifs is 7. The van der Waals surface area contributed by atoms with Gasteiger partial charge in [-0.25, -0.2) is 15.0 Å². The highest BCUT2D eigenvalue weighted by molar-refractivity contribution is 7.26. The van der Waals surface area contributed by atoms with Crippen molar-refractivity contribution in [2.24, 2.45) is 0 Å². The Bertz CT molecular complexity index is 3430. The third kappa shape index (κ3) is 5.31. The minimum atomic E-state index is -0.571. The van der Waals surface area contributed by atoms with Gasteiger partial charge in [0.25, 0.3) is 0 Å². The molecule has 12 rings (SSSR count). The average molecular weight is 782 g/mol. The van der Waals surface area contributed by atoms with Crippen molar-refractivity contribution in [2.75, 3.05) is 0 Å².